The molecule has 0 spiro atoms. The van der Waals surface area contributed by atoms with Crippen LogP contribution in [0, 0.1) is 0 Å². The molecule has 0 unspecified atom stereocenters. The van der Waals surface area contributed by atoms with Crippen molar-refractivity contribution in [2.45, 2.75) is 6.92 Å². The van der Waals surface area contributed by atoms with Gasteiger partial charge in [-0.1, -0.05) is 42.5 Å². The van der Waals surface area contributed by atoms with Crippen molar-refractivity contribution in [3.05, 3.63) is 65.7 Å². The van der Waals surface area contributed by atoms with Crippen molar-refractivity contribution in [3.63, 3.8) is 0 Å². The predicted molar refractivity (Wildman–Crippen MR) is 67.5 cm³/mol. The van der Waals surface area contributed by atoms with Crippen molar-refractivity contribution >= 4 is 5.78 Å². The van der Waals surface area contributed by atoms with Gasteiger partial charge in [0.15, 0.2) is 5.78 Å². The van der Waals surface area contributed by atoms with Gasteiger partial charge in [-0.15, -0.1) is 0 Å². The lowest BCUT2D eigenvalue weighted by Gasteiger charge is -2.08. The summed E-state index contributed by atoms with van der Waals surface area (Å²) in [6.45, 7) is 2.46. The summed E-state index contributed by atoms with van der Waals surface area (Å²) in [5, 5.41) is 0. The minimum Gasteiger partial charge on any atom is -0.493 e. The van der Waals surface area contributed by atoms with Crippen LogP contribution >= 0.6 is 0 Å². The van der Waals surface area contributed by atoms with Crippen LogP contribution < -0.4 is 4.74 Å². The van der Waals surface area contributed by atoms with Crippen LogP contribution in [0.4, 0.5) is 0 Å². The lowest BCUT2D eigenvalue weighted by Crippen LogP contribution is -2.04. The second-order valence-corrected chi connectivity index (χ2v) is 3.62. The Morgan fingerprint density at radius 3 is 2.35 bits per heavy atom. The Balaban J connectivity index is 2.37. The lowest BCUT2D eigenvalue weighted by atomic mass is 10.0. The zero-order chi connectivity index (χ0) is 12.1. The summed E-state index contributed by atoms with van der Waals surface area (Å²) in [6.07, 6.45) is 0. The molecule has 2 rings (SSSR count). The highest BCUT2D eigenvalue weighted by Crippen LogP contribution is 2.21. The van der Waals surface area contributed by atoms with E-state index in [0.717, 1.165) is 0 Å². The predicted octanol–water partition coefficient (Wildman–Crippen LogP) is 3.32. The van der Waals surface area contributed by atoms with E-state index in [1.54, 1.807) is 6.07 Å². The minimum atomic E-state index is -0.00495. The number of para-hydroxylation sites is 1. The fraction of sp³-hybridized carbons (Fsp3) is 0.133. The molecule has 0 saturated carbocycles. The van der Waals surface area contributed by atoms with E-state index in [-0.39, 0.29) is 5.78 Å². The smallest absolute Gasteiger partial charge is 0.196 e. The van der Waals surface area contributed by atoms with Crippen molar-refractivity contribution in [1.82, 2.24) is 0 Å². The van der Waals surface area contributed by atoms with E-state index in [4.69, 9.17) is 4.74 Å². The highest BCUT2D eigenvalue weighted by Gasteiger charge is 2.13. The standard InChI is InChI=1S/C15H14O2/c1-2-17-14-11-7-6-10-13(14)15(16)12-8-4-3-5-9-12/h3-11H,2H2,1H3. The van der Waals surface area contributed by atoms with E-state index in [1.807, 2.05) is 55.5 Å². The highest BCUT2D eigenvalue weighted by atomic mass is 16.5. The van der Waals surface area contributed by atoms with Crippen molar-refractivity contribution in [1.29, 1.82) is 0 Å². The van der Waals surface area contributed by atoms with Gasteiger partial charge < -0.3 is 4.74 Å². The third kappa shape index (κ3) is 2.53. The molecule has 0 fully saturated rings. The molecular formula is C15H14O2. The summed E-state index contributed by atoms with van der Waals surface area (Å²) < 4.78 is 5.46. The zero-order valence-electron chi connectivity index (χ0n) is 9.72. The molecule has 0 radical (unpaired) electrons. The van der Waals surface area contributed by atoms with Gasteiger partial charge >= 0.3 is 0 Å². The van der Waals surface area contributed by atoms with Crippen molar-refractivity contribution in [3.8, 4) is 5.75 Å². The van der Waals surface area contributed by atoms with Gasteiger partial charge in [-0.2, -0.15) is 0 Å². The Labute approximate surface area is 101 Å². The summed E-state index contributed by atoms with van der Waals surface area (Å²) in [4.78, 5) is 12.3. The van der Waals surface area contributed by atoms with Crippen LogP contribution in [-0.4, -0.2) is 12.4 Å². The molecular weight excluding hydrogens is 212 g/mol. The first-order chi connectivity index (χ1) is 8.33. The molecule has 0 saturated heterocycles. The van der Waals surface area contributed by atoms with Crippen molar-refractivity contribution < 1.29 is 9.53 Å². The summed E-state index contributed by atoms with van der Waals surface area (Å²) in [5.74, 6) is 0.638. The van der Waals surface area contributed by atoms with Gasteiger partial charge in [-0.05, 0) is 19.1 Å². The van der Waals surface area contributed by atoms with Crippen LogP contribution in [0.3, 0.4) is 0 Å². The van der Waals surface area contributed by atoms with Gasteiger partial charge in [-0.25, -0.2) is 0 Å². The topological polar surface area (TPSA) is 26.3 Å². The fourth-order valence-corrected chi connectivity index (χ4v) is 1.68. The maximum Gasteiger partial charge on any atom is 0.196 e. The second-order valence-electron chi connectivity index (χ2n) is 3.62. The number of ketones is 1. The molecule has 0 aliphatic heterocycles. The van der Waals surface area contributed by atoms with Gasteiger partial charge in [0.2, 0.25) is 0 Å². The first-order valence-electron chi connectivity index (χ1n) is 5.64. The molecule has 0 aliphatic carbocycles. The first kappa shape index (κ1) is 11.4. The summed E-state index contributed by atoms with van der Waals surface area (Å²) in [6, 6.07) is 16.6. The fourth-order valence-electron chi connectivity index (χ4n) is 1.68. The van der Waals surface area contributed by atoms with Crippen LogP contribution in [0.1, 0.15) is 22.8 Å². The van der Waals surface area contributed by atoms with E-state index in [1.165, 1.54) is 0 Å². The van der Waals surface area contributed by atoms with Gasteiger partial charge in [0.25, 0.3) is 0 Å². The molecule has 0 heterocycles. The van der Waals surface area contributed by atoms with E-state index in [9.17, 15) is 4.79 Å². The minimum absolute atomic E-state index is 0.00495. The summed E-state index contributed by atoms with van der Waals surface area (Å²) >= 11 is 0. The molecule has 2 aromatic rings. The molecule has 17 heavy (non-hydrogen) atoms. The molecule has 0 aliphatic rings. The maximum atomic E-state index is 12.3. The monoisotopic (exact) mass is 226 g/mol. The molecule has 2 heteroatoms. The van der Waals surface area contributed by atoms with Gasteiger partial charge in [0.1, 0.15) is 5.75 Å². The van der Waals surface area contributed by atoms with E-state index >= 15 is 0 Å². The third-order valence-corrected chi connectivity index (χ3v) is 2.47. The average molecular weight is 226 g/mol. The first-order valence-corrected chi connectivity index (χ1v) is 5.64. The van der Waals surface area contributed by atoms with Crippen molar-refractivity contribution in [2.24, 2.45) is 0 Å². The molecule has 0 atom stereocenters. The lowest BCUT2D eigenvalue weighted by molar-refractivity contribution is 0.103. The Kier molecular flexibility index (Phi) is 3.55. The molecule has 0 N–H and O–H groups in total. The Bertz CT molecular complexity index is 503. The number of benzene rings is 2. The Hall–Kier alpha value is -2.09. The average Bonchev–Trinajstić information content (AvgIpc) is 2.40. The van der Waals surface area contributed by atoms with Gasteiger partial charge in [0, 0.05) is 5.56 Å². The number of carbonyl (C=O) groups excluding carboxylic acids is 1. The Morgan fingerprint density at radius 1 is 1.00 bits per heavy atom. The second kappa shape index (κ2) is 5.30. The molecule has 0 bridgehead atoms. The highest BCUT2D eigenvalue weighted by molar-refractivity contribution is 6.10. The SMILES string of the molecule is CCOc1ccccc1C(=O)c1ccccc1. The van der Waals surface area contributed by atoms with Gasteiger partial charge in [-0.3, -0.25) is 4.79 Å². The molecule has 2 aromatic carbocycles. The van der Waals surface area contributed by atoms with Crippen LogP contribution in [0.5, 0.6) is 5.75 Å². The number of carbonyl (C=O) groups is 1. The normalized spacial score (nSPS) is 9.94. The van der Waals surface area contributed by atoms with Crippen molar-refractivity contribution in [2.75, 3.05) is 6.61 Å². The number of hydrogen-bond donors (Lipinski definition) is 0. The Morgan fingerprint density at radius 2 is 1.65 bits per heavy atom. The van der Waals surface area contributed by atoms with Gasteiger partial charge in [0.05, 0.1) is 12.2 Å². The number of ether oxygens (including phenoxy) is 1. The quantitative estimate of drug-likeness (QED) is 0.747. The van der Waals surface area contributed by atoms with E-state index in [2.05, 4.69) is 0 Å². The molecule has 0 aromatic heterocycles. The molecule has 2 nitrogen and oxygen atoms in total. The maximum absolute atomic E-state index is 12.3. The number of rotatable bonds is 4. The largest absolute Gasteiger partial charge is 0.493 e. The van der Waals surface area contributed by atoms with E-state index < -0.39 is 0 Å². The molecule has 0 amide bonds. The van der Waals surface area contributed by atoms with E-state index in [0.29, 0.717) is 23.5 Å². The van der Waals surface area contributed by atoms with Crippen LogP contribution in [0.25, 0.3) is 0 Å². The van der Waals surface area contributed by atoms with Crippen LogP contribution in [0.2, 0.25) is 0 Å². The molecule has 86 valence electrons. The summed E-state index contributed by atoms with van der Waals surface area (Å²) in [5.41, 5.74) is 1.29. The number of hydrogen-bond acceptors (Lipinski definition) is 2. The summed E-state index contributed by atoms with van der Waals surface area (Å²) in [7, 11) is 0. The van der Waals surface area contributed by atoms with Crippen LogP contribution in [0.15, 0.2) is 54.6 Å². The zero-order valence-corrected chi connectivity index (χ0v) is 9.72. The third-order valence-electron chi connectivity index (χ3n) is 2.47. The van der Waals surface area contributed by atoms with Crippen LogP contribution in [-0.2, 0) is 0 Å².